The highest BCUT2D eigenvalue weighted by atomic mass is 19.1. The fraction of sp³-hybridized carbons (Fsp3) is 0.235. The van der Waals surface area contributed by atoms with Gasteiger partial charge in [-0.15, -0.1) is 0 Å². The van der Waals surface area contributed by atoms with Crippen LogP contribution in [0.4, 0.5) is 9.18 Å². The van der Waals surface area contributed by atoms with Gasteiger partial charge in [0.2, 0.25) is 0 Å². The molecule has 0 saturated carbocycles. The number of aromatic amines is 1. The monoisotopic (exact) mass is 341 g/mol. The molecule has 0 spiro atoms. The molecule has 0 radical (unpaired) electrons. The van der Waals surface area contributed by atoms with E-state index < -0.39 is 0 Å². The number of carbonyl (C=O) groups is 1. The van der Waals surface area contributed by atoms with Gasteiger partial charge < -0.3 is 10.2 Å². The van der Waals surface area contributed by atoms with E-state index in [9.17, 15) is 14.0 Å². The molecule has 1 aromatic carbocycles. The predicted octanol–water partition coefficient (Wildman–Crippen LogP) is 1.43. The molecular weight excluding hydrogens is 325 g/mol. The van der Waals surface area contributed by atoms with Gasteiger partial charge in [0, 0.05) is 30.9 Å². The van der Waals surface area contributed by atoms with Crippen LogP contribution in [0.25, 0.3) is 5.65 Å². The molecule has 0 fully saturated rings. The number of rotatable bonds is 2. The molecule has 0 unspecified atom stereocenters. The van der Waals surface area contributed by atoms with Crippen LogP contribution in [0.3, 0.4) is 0 Å². The van der Waals surface area contributed by atoms with Crippen LogP contribution in [-0.4, -0.2) is 32.1 Å². The van der Waals surface area contributed by atoms with Crippen LogP contribution < -0.4 is 10.9 Å². The first-order valence-electron chi connectivity index (χ1n) is 7.97. The Morgan fingerprint density at radius 1 is 1.28 bits per heavy atom. The van der Waals surface area contributed by atoms with Gasteiger partial charge in [-0.3, -0.25) is 9.89 Å². The second-order valence-electron chi connectivity index (χ2n) is 5.95. The summed E-state index contributed by atoms with van der Waals surface area (Å²) in [6.07, 6.45) is 2.12. The number of urea groups is 1. The summed E-state index contributed by atoms with van der Waals surface area (Å²) < 4.78 is 14.3. The molecule has 0 atom stereocenters. The summed E-state index contributed by atoms with van der Waals surface area (Å²) in [5, 5.41) is 5.65. The molecule has 2 N–H and O–H groups in total. The first-order valence-corrected chi connectivity index (χ1v) is 7.97. The van der Waals surface area contributed by atoms with Crippen molar-refractivity contribution in [1.29, 1.82) is 0 Å². The lowest BCUT2D eigenvalue weighted by Crippen LogP contribution is -2.44. The third-order valence-electron chi connectivity index (χ3n) is 4.34. The molecule has 128 valence electrons. The summed E-state index contributed by atoms with van der Waals surface area (Å²) >= 11 is 0. The number of nitrogens with zero attached hydrogens (tertiary/aromatic N) is 3. The molecule has 3 aromatic rings. The van der Waals surface area contributed by atoms with E-state index in [0.29, 0.717) is 43.0 Å². The maximum absolute atomic E-state index is 12.9. The highest BCUT2D eigenvalue weighted by Crippen LogP contribution is 2.15. The van der Waals surface area contributed by atoms with E-state index in [4.69, 9.17) is 0 Å². The van der Waals surface area contributed by atoms with Crippen LogP contribution in [0, 0.1) is 5.82 Å². The van der Waals surface area contributed by atoms with E-state index in [1.54, 1.807) is 29.3 Å². The van der Waals surface area contributed by atoms with Crippen molar-refractivity contribution in [1.82, 2.24) is 24.8 Å². The normalized spacial score (nSPS) is 13.7. The lowest BCUT2D eigenvalue weighted by Gasteiger charge is -2.27. The molecule has 0 saturated heterocycles. The Hall–Kier alpha value is -3.16. The van der Waals surface area contributed by atoms with Crippen molar-refractivity contribution in [3.05, 3.63) is 69.5 Å². The van der Waals surface area contributed by atoms with E-state index in [-0.39, 0.29) is 17.4 Å². The van der Waals surface area contributed by atoms with Crippen molar-refractivity contribution in [3.8, 4) is 0 Å². The average Bonchev–Trinajstić information content (AvgIpc) is 3.09. The zero-order chi connectivity index (χ0) is 17.4. The van der Waals surface area contributed by atoms with E-state index in [0.717, 1.165) is 5.56 Å². The molecule has 2 amide bonds. The third-order valence-corrected chi connectivity index (χ3v) is 4.34. The molecule has 1 aliphatic rings. The molecule has 0 bridgehead atoms. The van der Waals surface area contributed by atoms with Crippen molar-refractivity contribution in [3.63, 3.8) is 0 Å². The molecule has 8 heteroatoms. The number of nitrogens with one attached hydrogen (secondary N) is 2. The van der Waals surface area contributed by atoms with Gasteiger partial charge in [-0.25, -0.2) is 18.7 Å². The number of amides is 2. The summed E-state index contributed by atoms with van der Waals surface area (Å²) in [6, 6.07) is 7.47. The highest BCUT2D eigenvalue weighted by molar-refractivity contribution is 5.74. The van der Waals surface area contributed by atoms with Gasteiger partial charge in [0.1, 0.15) is 5.82 Å². The van der Waals surface area contributed by atoms with Gasteiger partial charge in [0.05, 0.1) is 12.2 Å². The molecule has 3 heterocycles. The molecular formula is C17H16FN5O2. The first kappa shape index (κ1) is 15.4. The standard InChI is InChI=1S/C17H16FN5O2/c18-12-3-1-11(2-4-12)9-19-17(25)22-8-6-13-14(10-22)21-15-5-7-20-23(15)16(13)24/h1-5,7,20H,6,8-10H2,(H,19,25). The van der Waals surface area contributed by atoms with E-state index in [2.05, 4.69) is 15.4 Å². The van der Waals surface area contributed by atoms with Crippen molar-refractivity contribution in [2.75, 3.05) is 6.54 Å². The maximum atomic E-state index is 12.9. The maximum Gasteiger partial charge on any atom is 0.318 e. The number of H-pyrrole nitrogens is 1. The molecule has 7 nitrogen and oxygen atoms in total. The van der Waals surface area contributed by atoms with Crippen molar-refractivity contribution < 1.29 is 9.18 Å². The number of halogens is 1. The SMILES string of the molecule is O=C(NCc1ccc(F)cc1)N1CCc2c(nc3cc[nH]n3c2=O)C1. The van der Waals surface area contributed by atoms with Crippen molar-refractivity contribution in [2.45, 2.75) is 19.5 Å². The summed E-state index contributed by atoms with van der Waals surface area (Å²) in [6.45, 7) is 1.06. The fourth-order valence-electron chi connectivity index (χ4n) is 2.99. The lowest BCUT2D eigenvalue weighted by molar-refractivity contribution is 0.190. The number of fused-ring (bicyclic) bond motifs is 2. The number of carbonyl (C=O) groups excluding carboxylic acids is 1. The second-order valence-corrected chi connectivity index (χ2v) is 5.95. The Kier molecular flexibility index (Phi) is 3.72. The van der Waals surface area contributed by atoms with E-state index in [1.165, 1.54) is 16.6 Å². The van der Waals surface area contributed by atoms with Crippen molar-refractivity contribution in [2.24, 2.45) is 0 Å². The fourth-order valence-corrected chi connectivity index (χ4v) is 2.99. The minimum atomic E-state index is -0.309. The number of hydrogen-bond acceptors (Lipinski definition) is 3. The van der Waals surface area contributed by atoms with Crippen LogP contribution in [0.2, 0.25) is 0 Å². The predicted molar refractivity (Wildman–Crippen MR) is 88.6 cm³/mol. The van der Waals surface area contributed by atoms with Gasteiger partial charge in [0.25, 0.3) is 5.56 Å². The first-order chi connectivity index (χ1) is 12.1. The lowest BCUT2D eigenvalue weighted by atomic mass is 10.1. The average molecular weight is 341 g/mol. The minimum absolute atomic E-state index is 0.114. The summed E-state index contributed by atoms with van der Waals surface area (Å²) in [5.74, 6) is -0.309. The molecule has 4 rings (SSSR count). The third kappa shape index (κ3) is 2.86. The Morgan fingerprint density at radius 3 is 2.88 bits per heavy atom. The van der Waals surface area contributed by atoms with Crippen molar-refractivity contribution >= 4 is 11.7 Å². The van der Waals surface area contributed by atoms with Gasteiger partial charge in [-0.05, 0) is 24.1 Å². The topological polar surface area (TPSA) is 82.5 Å². The Balaban J connectivity index is 1.48. The van der Waals surface area contributed by atoms with Crippen LogP contribution in [-0.2, 0) is 19.5 Å². The van der Waals surface area contributed by atoms with Crippen LogP contribution in [0.15, 0.2) is 41.3 Å². The van der Waals surface area contributed by atoms with Crippen LogP contribution in [0.5, 0.6) is 0 Å². The van der Waals surface area contributed by atoms with E-state index >= 15 is 0 Å². The van der Waals surface area contributed by atoms with Gasteiger partial charge in [-0.2, -0.15) is 0 Å². The number of hydrogen-bond donors (Lipinski definition) is 2. The zero-order valence-corrected chi connectivity index (χ0v) is 13.3. The Morgan fingerprint density at radius 2 is 2.08 bits per heavy atom. The van der Waals surface area contributed by atoms with Crippen LogP contribution in [0.1, 0.15) is 16.8 Å². The van der Waals surface area contributed by atoms with Gasteiger partial charge >= 0.3 is 6.03 Å². The molecule has 25 heavy (non-hydrogen) atoms. The summed E-state index contributed by atoms with van der Waals surface area (Å²) in [7, 11) is 0. The Bertz CT molecular complexity index is 992. The molecule has 0 aliphatic carbocycles. The number of aromatic nitrogens is 3. The largest absolute Gasteiger partial charge is 0.334 e. The van der Waals surface area contributed by atoms with Crippen LogP contribution >= 0.6 is 0 Å². The minimum Gasteiger partial charge on any atom is -0.334 e. The molecule has 2 aromatic heterocycles. The number of benzene rings is 1. The van der Waals surface area contributed by atoms with Gasteiger partial charge in [0.15, 0.2) is 5.65 Å². The molecule has 1 aliphatic heterocycles. The Labute approximate surface area is 142 Å². The van der Waals surface area contributed by atoms with Gasteiger partial charge in [-0.1, -0.05) is 12.1 Å². The second kappa shape index (κ2) is 6.04. The quantitative estimate of drug-likeness (QED) is 0.740. The smallest absolute Gasteiger partial charge is 0.318 e. The zero-order valence-electron chi connectivity index (χ0n) is 13.3. The highest BCUT2D eigenvalue weighted by Gasteiger charge is 2.24. The summed E-state index contributed by atoms with van der Waals surface area (Å²) in [5.41, 5.74) is 2.52. The van der Waals surface area contributed by atoms with E-state index in [1.807, 2.05) is 0 Å². The summed E-state index contributed by atoms with van der Waals surface area (Å²) in [4.78, 5) is 30.9.